The third-order valence-electron chi connectivity index (χ3n) is 3.93. The summed E-state index contributed by atoms with van der Waals surface area (Å²) < 4.78 is 5.21. The first-order valence-electron chi connectivity index (χ1n) is 6.80. The molecule has 1 amide bonds. The molecule has 0 unspecified atom stereocenters. The van der Waals surface area contributed by atoms with Gasteiger partial charge in [0.25, 0.3) is 0 Å². The van der Waals surface area contributed by atoms with Crippen molar-refractivity contribution in [3.63, 3.8) is 0 Å². The lowest BCUT2D eigenvalue weighted by Gasteiger charge is -2.35. The number of nitrogens with two attached hydrogens (primary N) is 1. The van der Waals surface area contributed by atoms with E-state index in [4.69, 9.17) is 10.3 Å². The number of amides is 1. The van der Waals surface area contributed by atoms with Gasteiger partial charge in [0.15, 0.2) is 5.76 Å². The molecule has 1 saturated heterocycles. The highest BCUT2D eigenvalue weighted by atomic mass is 35.5. The Morgan fingerprint density at radius 2 is 1.95 bits per heavy atom. The number of hydrogen-bond donors (Lipinski definition) is 1. The van der Waals surface area contributed by atoms with Gasteiger partial charge >= 0.3 is 0 Å². The Bertz CT molecular complexity index is 482. The molecule has 1 aliphatic carbocycles. The van der Waals surface area contributed by atoms with Gasteiger partial charge in [0.05, 0.1) is 17.8 Å². The van der Waals surface area contributed by atoms with Crippen molar-refractivity contribution in [2.45, 2.75) is 31.8 Å². The van der Waals surface area contributed by atoms with Crippen LogP contribution in [0.15, 0.2) is 10.6 Å². The van der Waals surface area contributed by atoms with E-state index in [0.29, 0.717) is 0 Å². The smallest absolute Gasteiger partial charge is 0.242 e. The Kier molecular flexibility index (Phi) is 6.04. The molecular formula is C13H22Cl2N4O2. The van der Waals surface area contributed by atoms with Gasteiger partial charge in [0.2, 0.25) is 5.91 Å². The van der Waals surface area contributed by atoms with E-state index in [2.05, 4.69) is 10.1 Å². The highest BCUT2D eigenvalue weighted by molar-refractivity contribution is 5.89. The minimum atomic E-state index is -0.537. The van der Waals surface area contributed by atoms with Crippen molar-refractivity contribution in [1.29, 1.82) is 0 Å². The molecular weight excluding hydrogens is 315 g/mol. The second-order valence-electron chi connectivity index (χ2n) is 5.66. The summed E-state index contributed by atoms with van der Waals surface area (Å²) in [5, 5.41) is 3.88. The van der Waals surface area contributed by atoms with Crippen molar-refractivity contribution in [1.82, 2.24) is 15.0 Å². The average molecular weight is 337 g/mol. The molecule has 1 saturated carbocycles. The molecule has 1 aliphatic heterocycles. The van der Waals surface area contributed by atoms with Crippen LogP contribution < -0.4 is 5.73 Å². The van der Waals surface area contributed by atoms with Gasteiger partial charge in [-0.1, -0.05) is 5.16 Å². The number of nitrogens with zero attached hydrogens (tertiary/aromatic N) is 3. The second-order valence-corrected chi connectivity index (χ2v) is 5.66. The number of halogens is 2. The number of carbonyl (C=O) groups is 1. The van der Waals surface area contributed by atoms with Gasteiger partial charge in [-0.2, -0.15) is 0 Å². The maximum atomic E-state index is 12.1. The zero-order valence-electron chi connectivity index (χ0n) is 12.1. The van der Waals surface area contributed by atoms with Crippen LogP contribution in [0.2, 0.25) is 0 Å². The zero-order chi connectivity index (χ0) is 13.5. The van der Waals surface area contributed by atoms with Gasteiger partial charge in [-0.05, 0) is 19.8 Å². The van der Waals surface area contributed by atoms with E-state index in [1.54, 1.807) is 0 Å². The fraction of sp³-hybridized carbons (Fsp3) is 0.692. The highest BCUT2D eigenvalue weighted by Crippen LogP contribution is 2.34. The van der Waals surface area contributed by atoms with E-state index in [-0.39, 0.29) is 30.7 Å². The summed E-state index contributed by atoms with van der Waals surface area (Å²) in [6.07, 6.45) is 1.67. The van der Waals surface area contributed by atoms with Crippen molar-refractivity contribution in [2.75, 3.05) is 26.2 Å². The molecule has 1 aromatic rings. The largest absolute Gasteiger partial charge is 0.360 e. The summed E-state index contributed by atoms with van der Waals surface area (Å²) in [7, 11) is 0. The Labute approximate surface area is 136 Å². The van der Waals surface area contributed by atoms with E-state index in [1.807, 2.05) is 17.9 Å². The molecule has 0 bridgehead atoms. The summed E-state index contributed by atoms with van der Waals surface area (Å²) in [4.78, 5) is 16.3. The summed E-state index contributed by atoms with van der Waals surface area (Å²) >= 11 is 0. The maximum Gasteiger partial charge on any atom is 0.242 e. The number of aromatic nitrogens is 1. The molecule has 6 nitrogen and oxygen atoms in total. The minimum Gasteiger partial charge on any atom is -0.360 e. The molecule has 21 heavy (non-hydrogen) atoms. The summed E-state index contributed by atoms with van der Waals surface area (Å²) in [5.41, 5.74) is 6.32. The Balaban J connectivity index is 0.00000110. The van der Waals surface area contributed by atoms with Crippen LogP contribution in [0.4, 0.5) is 0 Å². The van der Waals surface area contributed by atoms with Crippen molar-refractivity contribution in [2.24, 2.45) is 5.73 Å². The van der Waals surface area contributed by atoms with E-state index in [0.717, 1.165) is 57.0 Å². The molecule has 2 aliphatic rings. The van der Waals surface area contributed by atoms with E-state index < -0.39 is 5.54 Å². The van der Waals surface area contributed by atoms with Gasteiger partial charge in [-0.3, -0.25) is 9.69 Å². The van der Waals surface area contributed by atoms with Gasteiger partial charge in [-0.25, -0.2) is 0 Å². The third-order valence-corrected chi connectivity index (χ3v) is 3.93. The predicted molar refractivity (Wildman–Crippen MR) is 83.7 cm³/mol. The first-order valence-corrected chi connectivity index (χ1v) is 6.80. The third kappa shape index (κ3) is 4.10. The highest BCUT2D eigenvalue weighted by Gasteiger charge is 2.48. The molecule has 120 valence electrons. The van der Waals surface area contributed by atoms with Gasteiger partial charge in [0.1, 0.15) is 0 Å². The van der Waals surface area contributed by atoms with Crippen LogP contribution in [0.5, 0.6) is 0 Å². The number of aryl methyl sites for hydroxylation is 1. The Morgan fingerprint density at radius 3 is 2.43 bits per heavy atom. The Hall–Kier alpha value is -0.820. The molecule has 0 aromatic carbocycles. The summed E-state index contributed by atoms with van der Waals surface area (Å²) in [6, 6.07) is 1.95. The molecule has 1 aromatic heterocycles. The SMILES string of the molecule is Cc1cc(CN2CCN(C(=O)C3(N)CC3)CC2)on1.Cl.Cl. The number of piperazine rings is 1. The first-order chi connectivity index (χ1) is 9.07. The van der Waals surface area contributed by atoms with E-state index in [9.17, 15) is 4.79 Å². The van der Waals surface area contributed by atoms with E-state index in [1.165, 1.54) is 0 Å². The van der Waals surface area contributed by atoms with Crippen molar-refractivity contribution in [3.05, 3.63) is 17.5 Å². The fourth-order valence-electron chi connectivity index (χ4n) is 2.48. The quantitative estimate of drug-likeness (QED) is 0.889. The zero-order valence-corrected chi connectivity index (χ0v) is 13.7. The maximum absolute atomic E-state index is 12.1. The lowest BCUT2D eigenvalue weighted by molar-refractivity contribution is -0.135. The molecule has 8 heteroatoms. The van der Waals surface area contributed by atoms with Crippen molar-refractivity contribution in [3.8, 4) is 0 Å². The van der Waals surface area contributed by atoms with Crippen LogP contribution in [-0.4, -0.2) is 52.6 Å². The fourth-order valence-corrected chi connectivity index (χ4v) is 2.48. The molecule has 2 heterocycles. The monoisotopic (exact) mass is 336 g/mol. The lowest BCUT2D eigenvalue weighted by atomic mass is 10.2. The molecule has 2 N–H and O–H groups in total. The second kappa shape index (κ2) is 6.96. The topological polar surface area (TPSA) is 75.6 Å². The van der Waals surface area contributed by atoms with Gasteiger partial charge < -0.3 is 15.2 Å². The van der Waals surface area contributed by atoms with Gasteiger partial charge in [-0.15, -0.1) is 24.8 Å². The van der Waals surface area contributed by atoms with Crippen LogP contribution in [0.25, 0.3) is 0 Å². The molecule has 2 fully saturated rings. The number of hydrogen-bond acceptors (Lipinski definition) is 5. The predicted octanol–water partition coefficient (Wildman–Crippen LogP) is 0.962. The Morgan fingerprint density at radius 1 is 1.33 bits per heavy atom. The van der Waals surface area contributed by atoms with Gasteiger partial charge in [0, 0.05) is 32.2 Å². The standard InChI is InChI=1S/C13H20N4O2.2ClH/c1-10-8-11(19-15-10)9-16-4-6-17(7-5-16)12(18)13(14)2-3-13;;/h8H,2-7,9,14H2,1H3;2*1H. The first kappa shape index (κ1) is 18.2. The molecule has 0 radical (unpaired) electrons. The van der Waals surface area contributed by atoms with Crippen LogP contribution >= 0.6 is 24.8 Å². The molecule has 0 spiro atoms. The van der Waals surface area contributed by atoms with Crippen LogP contribution in [0.1, 0.15) is 24.3 Å². The van der Waals surface area contributed by atoms with Crippen molar-refractivity contribution < 1.29 is 9.32 Å². The van der Waals surface area contributed by atoms with E-state index >= 15 is 0 Å². The normalized spacial score (nSPS) is 20.4. The van der Waals surface area contributed by atoms with Crippen LogP contribution in [0.3, 0.4) is 0 Å². The van der Waals surface area contributed by atoms with Crippen molar-refractivity contribution >= 4 is 30.7 Å². The molecule has 0 atom stereocenters. The summed E-state index contributed by atoms with van der Waals surface area (Å²) in [6.45, 7) is 5.91. The lowest BCUT2D eigenvalue weighted by Crippen LogP contribution is -2.53. The van der Waals surface area contributed by atoms with Crippen LogP contribution in [-0.2, 0) is 11.3 Å². The number of rotatable bonds is 3. The molecule has 3 rings (SSSR count). The van der Waals surface area contributed by atoms with Crippen LogP contribution in [0, 0.1) is 6.92 Å². The summed E-state index contributed by atoms with van der Waals surface area (Å²) in [5.74, 6) is 1.01. The minimum absolute atomic E-state index is 0. The average Bonchev–Trinajstić information content (AvgIpc) is 3.03. The number of carbonyl (C=O) groups excluding carboxylic acids is 1.